The van der Waals surface area contributed by atoms with E-state index in [0.29, 0.717) is 35.5 Å². The molecular weight excluding hydrogens is 408 g/mol. The summed E-state index contributed by atoms with van der Waals surface area (Å²) in [7, 11) is 6.75. The highest BCUT2D eigenvalue weighted by Crippen LogP contribution is 2.38. The molecule has 3 aliphatic rings. The van der Waals surface area contributed by atoms with E-state index in [1.807, 2.05) is 0 Å². The van der Waals surface area contributed by atoms with E-state index in [4.69, 9.17) is 38.9 Å². The molecule has 0 amide bonds. The first-order valence-electron chi connectivity index (χ1n) is 11.8. The summed E-state index contributed by atoms with van der Waals surface area (Å²) in [5.41, 5.74) is 0. The summed E-state index contributed by atoms with van der Waals surface area (Å²) in [6.07, 6.45) is 4.07. The maximum absolute atomic E-state index is 5.68. The fourth-order valence-corrected chi connectivity index (χ4v) is 5.03. The van der Waals surface area contributed by atoms with E-state index in [2.05, 4.69) is 27.7 Å². The first kappa shape index (κ1) is 24.5. The van der Waals surface area contributed by atoms with Gasteiger partial charge in [0.15, 0.2) is 0 Å². The van der Waals surface area contributed by atoms with Gasteiger partial charge in [-0.1, -0.05) is 27.7 Å². The highest BCUT2D eigenvalue weighted by atomic mass is 16.5. The minimum absolute atomic E-state index is 0.0824. The Hall–Kier alpha value is -2.12. The Morgan fingerprint density at radius 2 is 0.844 bits per heavy atom. The predicted octanol–water partition coefficient (Wildman–Crippen LogP) is 3.79. The predicted molar refractivity (Wildman–Crippen MR) is 128 cm³/mol. The Kier molecular flexibility index (Phi) is 8.17. The van der Waals surface area contributed by atoms with E-state index in [-0.39, 0.29) is 24.2 Å². The van der Waals surface area contributed by atoms with Crippen LogP contribution in [0.25, 0.3) is 0 Å². The molecule has 8 nitrogen and oxygen atoms in total. The number of hydrogen-bond acceptors (Lipinski definition) is 8. The van der Waals surface area contributed by atoms with Gasteiger partial charge in [0.05, 0.1) is 28.4 Å². The van der Waals surface area contributed by atoms with Crippen molar-refractivity contribution in [3.05, 3.63) is 0 Å². The zero-order chi connectivity index (χ0) is 23.4. The Morgan fingerprint density at radius 3 is 1.09 bits per heavy atom. The minimum atomic E-state index is -0.0869. The van der Waals surface area contributed by atoms with Gasteiger partial charge in [-0.25, -0.2) is 20.0 Å². The Labute approximate surface area is 192 Å². The lowest BCUT2D eigenvalue weighted by Gasteiger charge is -2.38. The highest BCUT2D eigenvalue weighted by molar-refractivity contribution is 5.95. The van der Waals surface area contributed by atoms with Gasteiger partial charge < -0.3 is 18.9 Å². The van der Waals surface area contributed by atoms with Gasteiger partial charge >= 0.3 is 0 Å². The molecule has 0 spiro atoms. The van der Waals surface area contributed by atoms with Gasteiger partial charge in [0.2, 0.25) is 23.6 Å². The van der Waals surface area contributed by atoms with Crippen molar-refractivity contribution in [1.29, 1.82) is 0 Å². The number of ether oxygens (including phenoxy) is 4. The fourth-order valence-electron chi connectivity index (χ4n) is 5.03. The molecular formula is C24H40N4O4. The molecule has 0 saturated heterocycles. The van der Waals surface area contributed by atoms with Crippen molar-refractivity contribution in [2.75, 3.05) is 28.4 Å². The van der Waals surface area contributed by atoms with Crippen LogP contribution in [0, 0.1) is 23.7 Å². The molecule has 2 heterocycles. The van der Waals surface area contributed by atoms with Crippen LogP contribution < -0.4 is 0 Å². The van der Waals surface area contributed by atoms with E-state index < -0.39 is 0 Å². The molecule has 0 unspecified atom stereocenters. The smallest absolute Gasteiger partial charge is 0.209 e. The van der Waals surface area contributed by atoms with Crippen LogP contribution in [0.1, 0.15) is 53.4 Å². The summed E-state index contributed by atoms with van der Waals surface area (Å²) < 4.78 is 22.6. The van der Waals surface area contributed by atoms with Crippen LogP contribution in [0.4, 0.5) is 0 Å². The molecule has 1 aliphatic carbocycles. The van der Waals surface area contributed by atoms with Crippen molar-refractivity contribution in [2.45, 2.75) is 77.5 Å². The van der Waals surface area contributed by atoms with Crippen LogP contribution in [-0.2, 0) is 18.9 Å². The van der Waals surface area contributed by atoms with Crippen molar-refractivity contribution in [1.82, 2.24) is 0 Å². The Bertz CT molecular complexity index is 702. The summed E-state index contributed by atoms with van der Waals surface area (Å²) >= 11 is 0. The first-order valence-corrected chi connectivity index (χ1v) is 11.8. The highest BCUT2D eigenvalue weighted by Gasteiger charge is 2.41. The lowest BCUT2D eigenvalue weighted by molar-refractivity contribution is 0.221. The number of rotatable bonds is 4. The maximum atomic E-state index is 5.68. The second-order valence-corrected chi connectivity index (χ2v) is 9.63. The molecule has 4 atom stereocenters. The third-order valence-corrected chi connectivity index (χ3v) is 6.89. The van der Waals surface area contributed by atoms with Crippen molar-refractivity contribution < 1.29 is 18.9 Å². The van der Waals surface area contributed by atoms with E-state index in [0.717, 1.165) is 37.5 Å². The number of aliphatic imine (C=N–C) groups is 4. The molecule has 0 N–H and O–H groups in total. The maximum Gasteiger partial charge on any atom is 0.209 e. The normalized spacial score (nSPS) is 33.2. The molecule has 1 saturated carbocycles. The largest absolute Gasteiger partial charge is 0.483 e. The molecule has 32 heavy (non-hydrogen) atoms. The molecule has 8 heteroatoms. The summed E-state index contributed by atoms with van der Waals surface area (Å²) in [4.78, 5) is 19.6. The average Bonchev–Trinajstić information content (AvgIpc) is 2.82. The lowest BCUT2D eigenvalue weighted by Crippen LogP contribution is -2.44. The van der Waals surface area contributed by atoms with Crippen LogP contribution in [0.15, 0.2) is 20.0 Å². The summed E-state index contributed by atoms with van der Waals surface area (Å²) in [6.45, 7) is 8.50. The van der Waals surface area contributed by atoms with Gasteiger partial charge in [-0.3, -0.25) is 0 Å². The zero-order valence-corrected chi connectivity index (χ0v) is 20.9. The molecule has 2 aliphatic heterocycles. The average molecular weight is 449 g/mol. The second-order valence-electron chi connectivity index (χ2n) is 9.63. The summed E-state index contributed by atoms with van der Waals surface area (Å²) in [5.74, 6) is 4.21. The van der Waals surface area contributed by atoms with E-state index >= 15 is 0 Å². The van der Waals surface area contributed by atoms with Gasteiger partial charge in [0.1, 0.15) is 24.2 Å². The van der Waals surface area contributed by atoms with E-state index in [1.54, 1.807) is 28.4 Å². The first-order chi connectivity index (χ1) is 15.3. The summed E-state index contributed by atoms with van der Waals surface area (Å²) in [6, 6.07) is -0.339. The van der Waals surface area contributed by atoms with Crippen LogP contribution in [0.5, 0.6) is 0 Å². The van der Waals surface area contributed by atoms with Crippen LogP contribution in [-0.4, -0.2) is 76.2 Å². The SMILES string of the molecule is COC1=N[C@@H]([C@H]2CC[C@H]([C@@H]3N=C(OC)[C@@H](C(C)C)N=C3OC)CC2)C(OC)=N[C@@H]1C(C)C. The molecule has 1 fully saturated rings. The van der Waals surface area contributed by atoms with Crippen LogP contribution in [0.2, 0.25) is 0 Å². The van der Waals surface area contributed by atoms with E-state index in [1.165, 1.54) is 0 Å². The van der Waals surface area contributed by atoms with E-state index in [9.17, 15) is 0 Å². The Morgan fingerprint density at radius 1 is 0.531 bits per heavy atom. The van der Waals surface area contributed by atoms with Crippen molar-refractivity contribution >= 4 is 23.6 Å². The van der Waals surface area contributed by atoms with Crippen molar-refractivity contribution in [3.8, 4) is 0 Å². The number of nitrogens with zero attached hydrogens (tertiary/aromatic N) is 4. The number of hydrogen-bond donors (Lipinski definition) is 0. The summed E-state index contributed by atoms with van der Waals surface area (Å²) in [5, 5.41) is 0. The second kappa shape index (κ2) is 10.7. The van der Waals surface area contributed by atoms with Crippen molar-refractivity contribution in [3.63, 3.8) is 0 Å². The topological polar surface area (TPSA) is 86.4 Å². The minimum Gasteiger partial charge on any atom is -0.483 e. The quantitative estimate of drug-likeness (QED) is 0.655. The third-order valence-electron chi connectivity index (χ3n) is 6.89. The van der Waals surface area contributed by atoms with Gasteiger partial charge in [0, 0.05) is 0 Å². The van der Waals surface area contributed by atoms with Gasteiger partial charge in [-0.05, 0) is 49.4 Å². The molecule has 180 valence electrons. The third kappa shape index (κ3) is 4.94. The van der Waals surface area contributed by atoms with Gasteiger partial charge in [-0.2, -0.15) is 0 Å². The van der Waals surface area contributed by atoms with Gasteiger partial charge in [0.25, 0.3) is 0 Å². The lowest BCUT2D eigenvalue weighted by atomic mass is 9.75. The molecule has 0 aromatic carbocycles. The molecule has 0 radical (unpaired) electrons. The van der Waals surface area contributed by atoms with Gasteiger partial charge in [-0.15, -0.1) is 0 Å². The molecule has 0 bridgehead atoms. The van der Waals surface area contributed by atoms with Crippen LogP contribution >= 0.6 is 0 Å². The molecule has 0 aromatic heterocycles. The number of methoxy groups -OCH3 is 4. The monoisotopic (exact) mass is 448 g/mol. The molecule has 3 rings (SSSR count). The van der Waals surface area contributed by atoms with Crippen molar-refractivity contribution in [2.24, 2.45) is 43.6 Å². The van der Waals surface area contributed by atoms with Crippen LogP contribution in [0.3, 0.4) is 0 Å². The Balaban J connectivity index is 1.73. The zero-order valence-electron chi connectivity index (χ0n) is 20.9. The standard InChI is InChI=1S/C24H40N4O4/c1-13(2)17-21(29-5)27-19(23(25-17)31-7)15-9-11-16(12-10-15)20-24(32-8)26-18(14(3)4)22(28-20)30-6/h13-20H,9-12H2,1-8H3/t15-,16-,17-,18-,19+,20+/m1/s1. The fraction of sp³-hybridized carbons (Fsp3) is 0.833. The molecule has 0 aromatic rings.